The Morgan fingerprint density at radius 2 is 1.90 bits per heavy atom. The number of methoxy groups -OCH3 is 1. The van der Waals surface area contributed by atoms with Gasteiger partial charge in [-0.15, -0.1) is 0 Å². The van der Waals surface area contributed by atoms with E-state index in [1.54, 1.807) is 6.07 Å². The highest BCUT2D eigenvalue weighted by atomic mass is 79.9. The van der Waals surface area contributed by atoms with Crippen LogP contribution in [0.3, 0.4) is 0 Å². The van der Waals surface area contributed by atoms with E-state index in [1.165, 1.54) is 7.11 Å². The molecule has 3 rings (SSSR count). The number of carbonyl (C=O) groups is 1. The predicted octanol–water partition coefficient (Wildman–Crippen LogP) is 4.38. The zero-order valence-corrected chi connectivity index (χ0v) is 12.4. The Kier molecular flexibility index (Phi) is 3.32. The molecule has 0 spiro atoms. The number of aromatic nitrogens is 1. The first-order valence-corrected chi connectivity index (χ1v) is 6.94. The van der Waals surface area contributed by atoms with Crippen LogP contribution in [0.15, 0.2) is 53.1 Å². The maximum absolute atomic E-state index is 11.8. The van der Waals surface area contributed by atoms with E-state index < -0.39 is 0 Å². The SMILES string of the molecule is COC(=O)c1cccc2c(-c3ccc(Br)cc3)c[nH]c12. The lowest BCUT2D eigenvalue weighted by molar-refractivity contribution is 0.0603. The molecule has 0 aliphatic heterocycles. The molecule has 0 amide bonds. The Morgan fingerprint density at radius 3 is 2.60 bits per heavy atom. The monoisotopic (exact) mass is 329 g/mol. The van der Waals surface area contributed by atoms with Crippen LogP contribution in [-0.2, 0) is 4.74 Å². The highest BCUT2D eigenvalue weighted by Gasteiger charge is 2.14. The molecular weight excluding hydrogens is 318 g/mol. The zero-order valence-electron chi connectivity index (χ0n) is 10.8. The molecule has 3 nitrogen and oxygen atoms in total. The number of para-hydroxylation sites is 1. The van der Waals surface area contributed by atoms with Gasteiger partial charge in [0, 0.05) is 21.6 Å². The van der Waals surface area contributed by atoms with Gasteiger partial charge in [-0.1, -0.05) is 40.2 Å². The van der Waals surface area contributed by atoms with Crippen molar-refractivity contribution in [2.75, 3.05) is 7.11 Å². The Balaban J connectivity index is 2.19. The minimum Gasteiger partial charge on any atom is -0.465 e. The van der Waals surface area contributed by atoms with Crippen molar-refractivity contribution < 1.29 is 9.53 Å². The van der Waals surface area contributed by atoms with Gasteiger partial charge in [-0.3, -0.25) is 0 Å². The third-order valence-corrected chi connectivity index (χ3v) is 3.80. The molecule has 0 bridgehead atoms. The van der Waals surface area contributed by atoms with E-state index >= 15 is 0 Å². The smallest absolute Gasteiger partial charge is 0.339 e. The normalized spacial score (nSPS) is 10.7. The van der Waals surface area contributed by atoms with E-state index in [9.17, 15) is 4.79 Å². The minimum atomic E-state index is -0.334. The van der Waals surface area contributed by atoms with Gasteiger partial charge >= 0.3 is 5.97 Å². The number of benzene rings is 2. The van der Waals surface area contributed by atoms with Crippen molar-refractivity contribution in [1.82, 2.24) is 4.98 Å². The molecule has 0 fully saturated rings. The fourth-order valence-corrected chi connectivity index (χ4v) is 2.57. The van der Waals surface area contributed by atoms with Gasteiger partial charge in [-0.25, -0.2) is 4.79 Å². The fourth-order valence-electron chi connectivity index (χ4n) is 2.30. The van der Waals surface area contributed by atoms with Gasteiger partial charge in [0.1, 0.15) is 0 Å². The summed E-state index contributed by atoms with van der Waals surface area (Å²) in [6.45, 7) is 0. The lowest BCUT2D eigenvalue weighted by Gasteiger charge is -2.03. The molecule has 1 N–H and O–H groups in total. The highest BCUT2D eigenvalue weighted by Crippen LogP contribution is 2.31. The molecule has 0 saturated carbocycles. The molecule has 0 atom stereocenters. The number of rotatable bonds is 2. The number of hydrogen-bond acceptors (Lipinski definition) is 2. The average Bonchev–Trinajstić information content (AvgIpc) is 2.91. The molecule has 1 heterocycles. The lowest BCUT2D eigenvalue weighted by atomic mass is 10.0. The molecule has 1 aromatic heterocycles. The molecule has 20 heavy (non-hydrogen) atoms. The summed E-state index contributed by atoms with van der Waals surface area (Å²) in [6.07, 6.45) is 1.92. The Morgan fingerprint density at radius 1 is 1.15 bits per heavy atom. The van der Waals surface area contributed by atoms with Crippen molar-refractivity contribution in [2.24, 2.45) is 0 Å². The third kappa shape index (κ3) is 2.12. The van der Waals surface area contributed by atoms with Crippen LogP contribution in [0.1, 0.15) is 10.4 Å². The standard InChI is InChI=1S/C16H12BrNO2/c1-20-16(19)13-4-2-3-12-14(9-18-15(12)13)10-5-7-11(17)8-6-10/h2-9,18H,1H3. The van der Waals surface area contributed by atoms with E-state index in [4.69, 9.17) is 4.74 Å². The summed E-state index contributed by atoms with van der Waals surface area (Å²) in [6, 6.07) is 13.7. The van der Waals surface area contributed by atoms with Gasteiger partial charge in [-0.2, -0.15) is 0 Å². The maximum Gasteiger partial charge on any atom is 0.339 e. The first kappa shape index (κ1) is 12.9. The zero-order chi connectivity index (χ0) is 14.1. The number of nitrogens with one attached hydrogen (secondary N) is 1. The number of carbonyl (C=O) groups excluding carboxylic acids is 1. The summed E-state index contributed by atoms with van der Waals surface area (Å²) in [5.41, 5.74) is 3.52. The first-order chi connectivity index (χ1) is 9.70. The van der Waals surface area contributed by atoms with Crippen molar-refractivity contribution in [3.63, 3.8) is 0 Å². The van der Waals surface area contributed by atoms with Crippen LogP contribution >= 0.6 is 15.9 Å². The number of hydrogen-bond donors (Lipinski definition) is 1. The third-order valence-electron chi connectivity index (χ3n) is 3.28. The second kappa shape index (κ2) is 5.13. The van der Waals surface area contributed by atoms with E-state index in [0.29, 0.717) is 5.56 Å². The van der Waals surface area contributed by atoms with Gasteiger partial charge in [0.25, 0.3) is 0 Å². The second-order valence-electron chi connectivity index (χ2n) is 4.43. The fraction of sp³-hybridized carbons (Fsp3) is 0.0625. The number of fused-ring (bicyclic) bond motifs is 1. The van der Waals surface area contributed by atoms with E-state index in [0.717, 1.165) is 26.5 Å². The van der Waals surface area contributed by atoms with Gasteiger partial charge in [0.05, 0.1) is 18.2 Å². The molecular formula is C16H12BrNO2. The molecule has 2 aromatic carbocycles. The molecule has 100 valence electrons. The lowest BCUT2D eigenvalue weighted by Crippen LogP contribution is -2.01. The van der Waals surface area contributed by atoms with E-state index in [1.807, 2.05) is 42.6 Å². The molecule has 0 radical (unpaired) electrons. The molecule has 0 aliphatic carbocycles. The molecule has 3 aromatic rings. The molecule has 0 saturated heterocycles. The van der Waals surface area contributed by atoms with Crippen LogP contribution in [0.25, 0.3) is 22.0 Å². The Labute approximate surface area is 124 Å². The van der Waals surface area contributed by atoms with Gasteiger partial charge in [0.2, 0.25) is 0 Å². The van der Waals surface area contributed by atoms with E-state index in [-0.39, 0.29) is 5.97 Å². The quantitative estimate of drug-likeness (QED) is 0.709. The average molecular weight is 330 g/mol. The maximum atomic E-state index is 11.8. The number of aromatic amines is 1. The molecule has 4 heteroatoms. The van der Waals surface area contributed by atoms with Crippen molar-refractivity contribution in [1.29, 1.82) is 0 Å². The number of esters is 1. The van der Waals surface area contributed by atoms with E-state index in [2.05, 4.69) is 20.9 Å². The summed E-state index contributed by atoms with van der Waals surface area (Å²) in [5, 5.41) is 1.01. The topological polar surface area (TPSA) is 42.1 Å². The highest BCUT2D eigenvalue weighted by molar-refractivity contribution is 9.10. The summed E-state index contributed by atoms with van der Waals surface area (Å²) >= 11 is 3.43. The van der Waals surface area contributed by atoms with Crippen molar-refractivity contribution >= 4 is 32.8 Å². The molecule has 0 aliphatic rings. The first-order valence-electron chi connectivity index (χ1n) is 6.15. The second-order valence-corrected chi connectivity index (χ2v) is 5.34. The van der Waals surface area contributed by atoms with Crippen LogP contribution in [0, 0.1) is 0 Å². The van der Waals surface area contributed by atoms with Crippen molar-refractivity contribution in [3.8, 4) is 11.1 Å². The van der Waals surface area contributed by atoms with Gasteiger partial charge in [0.15, 0.2) is 0 Å². The van der Waals surface area contributed by atoms with Gasteiger partial charge < -0.3 is 9.72 Å². The van der Waals surface area contributed by atoms with Crippen LogP contribution in [-0.4, -0.2) is 18.1 Å². The van der Waals surface area contributed by atoms with Crippen LogP contribution < -0.4 is 0 Å². The number of ether oxygens (including phenoxy) is 1. The summed E-state index contributed by atoms with van der Waals surface area (Å²) < 4.78 is 5.85. The Bertz CT molecular complexity index is 775. The van der Waals surface area contributed by atoms with Gasteiger partial charge in [-0.05, 0) is 23.8 Å². The minimum absolute atomic E-state index is 0.334. The predicted molar refractivity (Wildman–Crippen MR) is 82.8 cm³/mol. The largest absolute Gasteiger partial charge is 0.465 e. The van der Waals surface area contributed by atoms with Crippen molar-refractivity contribution in [3.05, 3.63) is 58.7 Å². The van der Waals surface area contributed by atoms with Crippen LogP contribution in [0.5, 0.6) is 0 Å². The van der Waals surface area contributed by atoms with Crippen LogP contribution in [0.2, 0.25) is 0 Å². The summed E-state index contributed by atoms with van der Waals surface area (Å²) in [5.74, 6) is -0.334. The number of H-pyrrole nitrogens is 1. The Hall–Kier alpha value is -2.07. The van der Waals surface area contributed by atoms with Crippen molar-refractivity contribution in [2.45, 2.75) is 0 Å². The number of halogens is 1. The summed E-state index contributed by atoms with van der Waals surface area (Å²) in [7, 11) is 1.39. The molecule has 0 unspecified atom stereocenters. The van der Waals surface area contributed by atoms with Crippen LogP contribution in [0.4, 0.5) is 0 Å². The summed E-state index contributed by atoms with van der Waals surface area (Å²) in [4.78, 5) is 14.9.